The molecule has 0 unspecified atom stereocenters. The number of benzene rings is 3. The van der Waals surface area contributed by atoms with Crippen molar-refractivity contribution in [1.82, 2.24) is 4.90 Å². The molecule has 3 aromatic carbocycles. The van der Waals surface area contributed by atoms with E-state index in [2.05, 4.69) is 25.8 Å². The molecule has 3 aromatic rings. The molecule has 158 valence electrons. The van der Waals surface area contributed by atoms with Gasteiger partial charge in [0.15, 0.2) is 0 Å². The van der Waals surface area contributed by atoms with E-state index in [1.54, 1.807) is 26.4 Å². The Morgan fingerprint density at radius 1 is 0.967 bits per heavy atom. The molecule has 2 N–H and O–H groups in total. The van der Waals surface area contributed by atoms with Gasteiger partial charge in [0.2, 0.25) is 0 Å². The Morgan fingerprint density at radius 3 is 2.33 bits per heavy atom. The van der Waals surface area contributed by atoms with Crippen LogP contribution in [0, 0.1) is 6.92 Å². The number of hydrogen-bond acceptors (Lipinski definition) is 5. The zero-order valence-electron chi connectivity index (χ0n) is 18.4. The van der Waals surface area contributed by atoms with Crippen LogP contribution < -0.4 is 9.47 Å². The van der Waals surface area contributed by atoms with Gasteiger partial charge in [-0.25, -0.2) is 0 Å². The zero-order valence-corrected chi connectivity index (χ0v) is 18.4. The summed E-state index contributed by atoms with van der Waals surface area (Å²) in [4.78, 5) is 2.33. The minimum absolute atomic E-state index is 0.151. The Hall–Kier alpha value is -2.92. The summed E-state index contributed by atoms with van der Waals surface area (Å²) in [6.45, 7) is 6.31. The lowest BCUT2D eigenvalue weighted by molar-refractivity contribution is 0.175. The molecule has 1 aliphatic heterocycles. The minimum atomic E-state index is 0.151. The van der Waals surface area contributed by atoms with Gasteiger partial charge in [0.05, 0.1) is 19.6 Å². The molecular formula is C25H29NO4. The van der Waals surface area contributed by atoms with Crippen LogP contribution in [0.5, 0.6) is 23.0 Å². The summed E-state index contributed by atoms with van der Waals surface area (Å²) in [7, 11) is 5.36. The van der Waals surface area contributed by atoms with Crippen molar-refractivity contribution in [1.29, 1.82) is 0 Å². The fourth-order valence-corrected chi connectivity index (χ4v) is 4.84. The standard InChI is InChI=1S/C25H29NO4/c1-13-9-17-16(7-8-21(29-5)25(17)19(27)10-13)24-18-11-14(2)26(4)15(3)23(18)22(30-6)12-20(24)28/h7-10,12,14-15,27-28H,11H2,1-6H3/t14-,15+/m1/s1. The number of likely N-dealkylation sites (N-methyl/N-ethyl adjacent to an activating group) is 1. The van der Waals surface area contributed by atoms with E-state index in [9.17, 15) is 10.2 Å². The topological polar surface area (TPSA) is 62.2 Å². The molecule has 1 heterocycles. The maximum absolute atomic E-state index is 11.1. The van der Waals surface area contributed by atoms with E-state index in [4.69, 9.17) is 9.47 Å². The average Bonchev–Trinajstić information content (AvgIpc) is 2.71. The summed E-state index contributed by atoms with van der Waals surface area (Å²) in [6.07, 6.45) is 0.793. The van der Waals surface area contributed by atoms with Crippen LogP contribution in [-0.2, 0) is 6.42 Å². The lowest BCUT2D eigenvalue weighted by Crippen LogP contribution is -2.38. The van der Waals surface area contributed by atoms with Gasteiger partial charge in [0, 0.05) is 29.3 Å². The second-order valence-electron chi connectivity index (χ2n) is 8.28. The third-order valence-corrected chi connectivity index (χ3v) is 6.55. The molecule has 0 fully saturated rings. The van der Waals surface area contributed by atoms with Gasteiger partial charge in [-0.15, -0.1) is 0 Å². The fourth-order valence-electron chi connectivity index (χ4n) is 4.84. The Labute approximate surface area is 177 Å². The number of aromatic hydroxyl groups is 2. The molecular weight excluding hydrogens is 378 g/mol. The molecule has 0 saturated heterocycles. The third kappa shape index (κ3) is 2.96. The summed E-state index contributed by atoms with van der Waals surface area (Å²) >= 11 is 0. The molecule has 0 spiro atoms. The van der Waals surface area contributed by atoms with Crippen molar-refractivity contribution in [3.8, 4) is 34.1 Å². The molecule has 0 saturated carbocycles. The van der Waals surface area contributed by atoms with Gasteiger partial charge in [-0.2, -0.15) is 0 Å². The molecule has 4 rings (SSSR count). The second-order valence-corrected chi connectivity index (χ2v) is 8.28. The summed E-state index contributed by atoms with van der Waals surface area (Å²) in [6, 6.07) is 9.76. The molecule has 5 heteroatoms. The lowest BCUT2D eigenvalue weighted by Gasteiger charge is -2.39. The summed E-state index contributed by atoms with van der Waals surface area (Å²) in [5.41, 5.74) is 4.82. The highest BCUT2D eigenvalue weighted by Crippen LogP contribution is 2.49. The summed E-state index contributed by atoms with van der Waals surface area (Å²) < 4.78 is 11.2. The van der Waals surface area contributed by atoms with Crippen molar-refractivity contribution in [2.45, 2.75) is 39.3 Å². The predicted octanol–water partition coefficient (Wildman–Crippen LogP) is 5.18. The van der Waals surface area contributed by atoms with Crippen molar-refractivity contribution in [3.63, 3.8) is 0 Å². The highest BCUT2D eigenvalue weighted by molar-refractivity contribution is 6.05. The van der Waals surface area contributed by atoms with Crippen LogP contribution in [0.25, 0.3) is 21.9 Å². The monoisotopic (exact) mass is 407 g/mol. The first kappa shape index (κ1) is 20.4. The quantitative estimate of drug-likeness (QED) is 0.626. The Balaban J connectivity index is 2.12. The van der Waals surface area contributed by atoms with Crippen molar-refractivity contribution in [2.75, 3.05) is 21.3 Å². The zero-order chi connectivity index (χ0) is 21.7. The molecule has 5 nitrogen and oxygen atoms in total. The molecule has 1 aliphatic rings. The largest absolute Gasteiger partial charge is 0.507 e. The number of rotatable bonds is 3. The van der Waals surface area contributed by atoms with Gasteiger partial charge in [-0.05, 0) is 74.5 Å². The first-order valence-corrected chi connectivity index (χ1v) is 10.2. The Morgan fingerprint density at radius 2 is 1.67 bits per heavy atom. The van der Waals surface area contributed by atoms with E-state index >= 15 is 0 Å². The normalized spacial score (nSPS) is 19.0. The molecule has 0 bridgehead atoms. The number of phenolic OH excluding ortho intramolecular Hbond substituents is 2. The molecule has 2 atom stereocenters. The van der Waals surface area contributed by atoms with E-state index in [-0.39, 0.29) is 17.5 Å². The minimum Gasteiger partial charge on any atom is -0.507 e. The van der Waals surface area contributed by atoms with E-state index in [1.807, 2.05) is 25.1 Å². The SMILES string of the molecule is COc1cc(O)c(-c2ccc(OC)c3c(O)cc(C)cc23)c2c1[C@H](C)N(C)[C@H](C)C2. The lowest BCUT2D eigenvalue weighted by atomic mass is 9.82. The molecule has 0 aliphatic carbocycles. The van der Waals surface area contributed by atoms with Crippen LogP contribution in [0.1, 0.15) is 36.6 Å². The molecule has 0 amide bonds. The number of hydrogen-bond donors (Lipinski definition) is 2. The average molecular weight is 408 g/mol. The van der Waals surface area contributed by atoms with Crippen molar-refractivity contribution in [2.24, 2.45) is 0 Å². The highest BCUT2D eigenvalue weighted by atomic mass is 16.5. The molecule has 0 radical (unpaired) electrons. The summed E-state index contributed by atoms with van der Waals surface area (Å²) in [5.74, 6) is 1.66. The highest BCUT2D eigenvalue weighted by Gasteiger charge is 2.33. The number of methoxy groups -OCH3 is 2. The number of ether oxygens (including phenoxy) is 2. The van der Waals surface area contributed by atoms with E-state index in [0.717, 1.165) is 39.6 Å². The van der Waals surface area contributed by atoms with Crippen molar-refractivity contribution in [3.05, 3.63) is 47.0 Å². The fraction of sp³-hybridized carbons (Fsp3) is 0.360. The van der Waals surface area contributed by atoms with Gasteiger partial charge in [-0.1, -0.05) is 6.07 Å². The van der Waals surface area contributed by atoms with Gasteiger partial charge in [-0.3, -0.25) is 4.90 Å². The van der Waals surface area contributed by atoms with Crippen LogP contribution >= 0.6 is 0 Å². The maximum atomic E-state index is 11.1. The van der Waals surface area contributed by atoms with Crippen LogP contribution in [-0.4, -0.2) is 42.4 Å². The van der Waals surface area contributed by atoms with Crippen LogP contribution in [0.15, 0.2) is 30.3 Å². The van der Waals surface area contributed by atoms with Crippen LogP contribution in [0.3, 0.4) is 0 Å². The maximum Gasteiger partial charge on any atom is 0.130 e. The Kier molecular flexibility index (Phi) is 5.02. The number of fused-ring (bicyclic) bond motifs is 2. The van der Waals surface area contributed by atoms with Crippen molar-refractivity contribution >= 4 is 10.8 Å². The van der Waals surface area contributed by atoms with Crippen molar-refractivity contribution < 1.29 is 19.7 Å². The van der Waals surface area contributed by atoms with Crippen LogP contribution in [0.2, 0.25) is 0 Å². The van der Waals surface area contributed by atoms with E-state index in [0.29, 0.717) is 22.9 Å². The second kappa shape index (κ2) is 7.40. The smallest absolute Gasteiger partial charge is 0.130 e. The first-order chi connectivity index (χ1) is 14.3. The molecule has 0 aromatic heterocycles. The number of phenols is 2. The van der Waals surface area contributed by atoms with Gasteiger partial charge in [0.1, 0.15) is 23.0 Å². The van der Waals surface area contributed by atoms with E-state index in [1.165, 1.54) is 0 Å². The van der Waals surface area contributed by atoms with Gasteiger partial charge >= 0.3 is 0 Å². The van der Waals surface area contributed by atoms with Gasteiger partial charge < -0.3 is 19.7 Å². The van der Waals surface area contributed by atoms with Crippen LogP contribution in [0.4, 0.5) is 0 Å². The third-order valence-electron chi connectivity index (χ3n) is 6.55. The Bertz CT molecular complexity index is 1140. The summed E-state index contributed by atoms with van der Waals surface area (Å²) in [5, 5.41) is 23.3. The number of aryl methyl sites for hydroxylation is 1. The van der Waals surface area contributed by atoms with E-state index < -0.39 is 0 Å². The predicted molar refractivity (Wildman–Crippen MR) is 120 cm³/mol. The number of nitrogens with zero attached hydrogens (tertiary/aromatic N) is 1. The molecule has 30 heavy (non-hydrogen) atoms. The first-order valence-electron chi connectivity index (χ1n) is 10.2. The van der Waals surface area contributed by atoms with Gasteiger partial charge in [0.25, 0.3) is 0 Å².